The number of allylic oxidation sites excluding steroid dienone is 2. The van der Waals surface area contributed by atoms with Crippen LogP contribution in [-0.2, 0) is 19.1 Å². The van der Waals surface area contributed by atoms with E-state index in [9.17, 15) is 19.5 Å². The Morgan fingerprint density at radius 3 is 2.59 bits per heavy atom. The number of rotatable bonds is 9. The lowest BCUT2D eigenvalue weighted by Crippen LogP contribution is -2.53. The van der Waals surface area contributed by atoms with Gasteiger partial charge in [0.25, 0.3) is 0 Å². The van der Waals surface area contributed by atoms with E-state index in [1.807, 2.05) is 6.92 Å². The molecule has 2 N–H and O–H groups in total. The van der Waals surface area contributed by atoms with Gasteiger partial charge >= 0.3 is 18.0 Å². The molecule has 2 aliphatic carbocycles. The van der Waals surface area contributed by atoms with Gasteiger partial charge in [0.05, 0.1) is 12.3 Å². The molecule has 1 saturated carbocycles. The molecule has 0 aromatic carbocycles. The van der Waals surface area contributed by atoms with E-state index < -0.39 is 29.7 Å². The first kappa shape index (κ1) is 21.3. The van der Waals surface area contributed by atoms with Crippen LogP contribution in [0.25, 0.3) is 0 Å². The van der Waals surface area contributed by atoms with E-state index in [1.54, 1.807) is 6.92 Å². The zero-order valence-electron chi connectivity index (χ0n) is 16.6. The van der Waals surface area contributed by atoms with Crippen molar-refractivity contribution in [2.75, 3.05) is 6.54 Å². The Balaban J connectivity index is 1.88. The van der Waals surface area contributed by atoms with Crippen LogP contribution in [0.3, 0.4) is 0 Å². The van der Waals surface area contributed by atoms with Crippen molar-refractivity contribution in [1.29, 1.82) is 0 Å². The molecule has 5 atom stereocenters. The number of carboxylic acid groups (broad SMARTS) is 1. The van der Waals surface area contributed by atoms with E-state index >= 15 is 0 Å². The fraction of sp³-hybridized carbons (Fsp3) is 0.750. The number of nitrogens with one attached hydrogen (secondary N) is 1. The maximum atomic E-state index is 12.1. The lowest BCUT2D eigenvalue weighted by molar-refractivity contribution is -0.169. The largest absolute Gasteiger partial charge is 0.481 e. The number of ether oxygens (including phenoxy) is 2. The maximum absolute atomic E-state index is 12.1. The van der Waals surface area contributed by atoms with E-state index in [0.29, 0.717) is 12.3 Å². The van der Waals surface area contributed by atoms with Gasteiger partial charge in [0.2, 0.25) is 6.29 Å². The number of aliphatic carboxylic acids is 1. The number of alkyl carbamates (subject to hydrolysis) is 1. The number of esters is 1. The molecule has 0 aromatic rings. The van der Waals surface area contributed by atoms with Crippen molar-refractivity contribution in [2.24, 2.45) is 23.2 Å². The van der Waals surface area contributed by atoms with Crippen molar-refractivity contribution >= 4 is 18.0 Å². The third-order valence-electron chi connectivity index (χ3n) is 5.94. The molecule has 0 aromatic heterocycles. The molecule has 152 valence electrons. The highest BCUT2D eigenvalue weighted by Gasteiger charge is 2.55. The fourth-order valence-electron chi connectivity index (χ4n) is 4.21. The van der Waals surface area contributed by atoms with E-state index in [1.165, 1.54) is 12.5 Å². The highest BCUT2D eigenvalue weighted by atomic mass is 16.7. The molecule has 1 fully saturated rings. The molecule has 0 spiro atoms. The SMILES string of the molecule is CCC1=C[C@@H]2[C@@H](C1)C[C@]2(CNC(=O)O[C@@H](C)OC(=O)C(C)CC)CC(=O)O. The van der Waals surface area contributed by atoms with Crippen LogP contribution >= 0.6 is 0 Å². The monoisotopic (exact) mass is 381 g/mol. The lowest BCUT2D eigenvalue weighted by Gasteiger charge is -2.51. The van der Waals surface area contributed by atoms with Crippen LogP contribution in [-0.4, -0.2) is 36.0 Å². The van der Waals surface area contributed by atoms with Gasteiger partial charge < -0.3 is 19.9 Å². The molecular formula is C20H31NO6. The minimum atomic E-state index is -0.992. The van der Waals surface area contributed by atoms with Crippen molar-refractivity contribution in [1.82, 2.24) is 5.32 Å². The van der Waals surface area contributed by atoms with Crippen LogP contribution in [0, 0.1) is 23.2 Å². The Kier molecular flexibility index (Phi) is 6.89. The van der Waals surface area contributed by atoms with Crippen molar-refractivity contribution in [3.05, 3.63) is 11.6 Å². The minimum absolute atomic E-state index is 0.0144. The van der Waals surface area contributed by atoms with Crippen molar-refractivity contribution in [3.63, 3.8) is 0 Å². The third kappa shape index (κ3) is 5.02. The predicted molar refractivity (Wildman–Crippen MR) is 98.8 cm³/mol. The molecule has 0 aliphatic heterocycles. The van der Waals surface area contributed by atoms with Gasteiger partial charge in [-0.05, 0) is 37.5 Å². The quantitative estimate of drug-likeness (QED) is 0.360. The summed E-state index contributed by atoms with van der Waals surface area (Å²) in [6, 6.07) is 0. The highest BCUT2D eigenvalue weighted by Crippen LogP contribution is 2.59. The minimum Gasteiger partial charge on any atom is -0.481 e. The summed E-state index contributed by atoms with van der Waals surface area (Å²) in [5, 5.41) is 12.0. The first-order valence-corrected chi connectivity index (χ1v) is 9.77. The summed E-state index contributed by atoms with van der Waals surface area (Å²) in [7, 11) is 0. The van der Waals surface area contributed by atoms with Crippen molar-refractivity contribution < 1.29 is 29.0 Å². The summed E-state index contributed by atoms with van der Waals surface area (Å²) >= 11 is 0. The Morgan fingerprint density at radius 1 is 1.30 bits per heavy atom. The summed E-state index contributed by atoms with van der Waals surface area (Å²) in [6.07, 6.45) is 3.94. The second kappa shape index (κ2) is 8.76. The zero-order chi connectivity index (χ0) is 20.2. The van der Waals surface area contributed by atoms with Gasteiger partial charge in [-0.1, -0.05) is 32.4 Å². The summed E-state index contributed by atoms with van der Waals surface area (Å²) in [4.78, 5) is 35.2. The Bertz CT molecular complexity index is 616. The Morgan fingerprint density at radius 2 is 2.00 bits per heavy atom. The van der Waals surface area contributed by atoms with Crippen LogP contribution < -0.4 is 5.32 Å². The van der Waals surface area contributed by atoms with E-state index in [4.69, 9.17) is 9.47 Å². The summed E-state index contributed by atoms with van der Waals surface area (Å²) in [5.74, 6) is -0.869. The van der Waals surface area contributed by atoms with Gasteiger partial charge in [0.15, 0.2) is 0 Å². The fourth-order valence-corrected chi connectivity index (χ4v) is 4.21. The molecule has 27 heavy (non-hydrogen) atoms. The number of carboxylic acids is 1. The van der Waals surface area contributed by atoms with E-state index in [-0.39, 0.29) is 24.8 Å². The normalized spacial score (nSPS) is 28.2. The number of carbonyl (C=O) groups is 3. The smallest absolute Gasteiger partial charge is 0.410 e. The van der Waals surface area contributed by atoms with Crippen molar-refractivity contribution in [3.8, 4) is 0 Å². The van der Waals surface area contributed by atoms with Gasteiger partial charge in [0.1, 0.15) is 0 Å². The van der Waals surface area contributed by atoms with E-state index in [0.717, 1.165) is 19.3 Å². The van der Waals surface area contributed by atoms with Crippen LogP contribution in [0.1, 0.15) is 59.8 Å². The number of amides is 1. The standard InChI is InChI=1S/C20H31NO6/c1-5-12(3)18(24)26-13(4)27-19(25)21-11-20(10-17(22)23)9-15-7-14(6-2)8-16(15)20/h8,12-13,15-16H,5-7,9-11H2,1-4H3,(H,21,25)(H,22,23)/t12?,13-,15-,16+,20+/m0/s1. The highest BCUT2D eigenvalue weighted by molar-refractivity contribution is 5.72. The summed E-state index contributed by atoms with van der Waals surface area (Å²) in [6.45, 7) is 7.45. The number of hydrogen-bond donors (Lipinski definition) is 2. The molecule has 1 amide bonds. The summed E-state index contributed by atoms with van der Waals surface area (Å²) in [5.41, 5.74) is 0.897. The van der Waals surface area contributed by atoms with Gasteiger partial charge in [-0.3, -0.25) is 9.59 Å². The predicted octanol–water partition coefficient (Wildman–Crippen LogP) is 3.49. The summed E-state index contributed by atoms with van der Waals surface area (Å²) < 4.78 is 10.2. The van der Waals surface area contributed by atoms with E-state index in [2.05, 4.69) is 18.3 Å². The molecule has 0 bridgehead atoms. The molecule has 2 aliphatic rings. The number of hydrogen-bond acceptors (Lipinski definition) is 5. The average molecular weight is 381 g/mol. The second-order valence-electron chi connectivity index (χ2n) is 7.88. The van der Waals surface area contributed by atoms with Gasteiger partial charge in [0, 0.05) is 18.9 Å². The first-order chi connectivity index (χ1) is 12.7. The maximum Gasteiger partial charge on any atom is 0.410 e. The van der Waals surface area contributed by atoms with Crippen LogP contribution in [0.4, 0.5) is 4.79 Å². The van der Waals surface area contributed by atoms with Crippen molar-refractivity contribution in [2.45, 2.75) is 66.1 Å². The topological polar surface area (TPSA) is 102 Å². The lowest BCUT2D eigenvalue weighted by atomic mass is 9.53. The molecule has 1 unspecified atom stereocenters. The molecule has 0 saturated heterocycles. The molecule has 7 heteroatoms. The third-order valence-corrected chi connectivity index (χ3v) is 5.94. The Labute approximate surface area is 160 Å². The van der Waals surface area contributed by atoms with Gasteiger partial charge in [-0.2, -0.15) is 0 Å². The van der Waals surface area contributed by atoms with Gasteiger partial charge in [-0.25, -0.2) is 4.79 Å². The van der Waals surface area contributed by atoms with Crippen LogP contribution in [0.2, 0.25) is 0 Å². The molecule has 7 nitrogen and oxygen atoms in total. The number of fused-ring (bicyclic) bond motifs is 1. The molecule has 0 radical (unpaired) electrons. The second-order valence-corrected chi connectivity index (χ2v) is 7.88. The Hall–Kier alpha value is -2.05. The first-order valence-electron chi connectivity index (χ1n) is 9.77. The van der Waals surface area contributed by atoms with Crippen LogP contribution in [0.5, 0.6) is 0 Å². The average Bonchev–Trinajstić information content (AvgIpc) is 2.95. The van der Waals surface area contributed by atoms with Crippen LogP contribution in [0.15, 0.2) is 11.6 Å². The molecule has 2 rings (SSSR count). The van der Waals surface area contributed by atoms with Gasteiger partial charge in [-0.15, -0.1) is 0 Å². The molecule has 0 heterocycles. The zero-order valence-corrected chi connectivity index (χ0v) is 16.6. The number of carbonyl (C=O) groups excluding carboxylic acids is 2. The molecular weight excluding hydrogens is 350 g/mol.